The van der Waals surface area contributed by atoms with Crippen LogP contribution in [0.15, 0.2) is 60.8 Å². The van der Waals surface area contributed by atoms with Gasteiger partial charge in [0, 0.05) is 25.8 Å². The number of alkyl carbamates (subject to hydrolysis) is 1. The van der Waals surface area contributed by atoms with Crippen LogP contribution < -0.4 is 21.6 Å². The number of urea groups is 1. The number of halogens is 3. The number of benzene rings is 2. The number of carbonyl (C=O) groups is 2. The summed E-state index contributed by atoms with van der Waals surface area (Å²) < 4.78 is 46.3. The predicted octanol–water partition coefficient (Wildman–Crippen LogP) is 5.38. The zero-order valence-corrected chi connectivity index (χ0v) is 23.0. The first-order valence-corrected chi connectivity index (χ1v) is 12.9. The SMILES string of the molecule is CC(C)(C)OC(=O)NCCCCCN(CCc1ccccc1)C(=O)N(N)/C=C(\N)c1ccc(OC(F)(F)F)cc1. The molecule has 0 aromatic heterocycles. The maximum Gasteiger partial charge on any atom is 0.573 e. The molecule has 0 unspecified atom stereocenters. The van der Waals surface area contributed by atoms with Crippen LogP contribution in [0.2, 0.25) is 0 Å². The van der Waals surface area contributed by atoms with Crippen LogP contribution in [-0.4, -0.2) is 53.6 Å². The molecule has 40 heavy (non-hydrogen) atoms. The van der Waals surface area contributed by atoms with E-state index in [4.69, 9.17) is 16.3 Å². The Morgan fingerprint density at radius 3 is 2.20 bits per heavy atom. The van der Waals surface area contributed by atoms with Gasteiger partial charge in [-0.25, -0.2) is 20.4 Å². The number of nitrogens with two attached hydrogens (primary N) is 2. The van der Waals surface area contributed by atoms with Gasteiger partial charge in [0.1, 0.15) is 11.4 Å². The molecule has 12 heteroatoms. The third kappa shape index (κ3) is 12.7. The van der Waals surface area contributed by atoms with Gasteiger partial charge in [0.2, 0.25) is 0 Å². The molecule has 0 radical (unpaired) electrons. The molecule has 0 fully saturated rings. The zero-order valence-electron chi connectivity index (χ0n) is 23.0. The van der Waals surface area contributed by atoms with Crippen molar-refractivity contribution in [3.05, 3.63) is 71.9 Å². The number of alkyl halides is 3. The fourth-order valence-electron chi connectivity index (χ4n) is 3.61. The van der Waals surface area contributed by atoms with Crippen LogP contribution in [0.4, 0.5) is 22.8 Å². The Hall–Kier alpha value is -3.93. The van der Waals surface area contributed by atoms with Crippen LogP contribution in [0.3, 0.4) is 0 Å². The van der Waals surface area contributed by atoms with E-state index >= 15 is 0 Å². The van der Waals surface area contributed by atoms with E-state index in [0.29, 0.717) is 44.5 Å². The number of nitrogens with one attached hydrogen (secondary N) is 1. The molecule has 220 valence electrons. The number of amides is 3. The van der Waals surface area contributed by atoms with E-state index in [1.165, 1.54) is 18.3 Å². The lowest BCUT2D eigenvalue weighted by Gasteiger charge is -2.26. The molecule has 9 nitrogen and oxygen atoms in total. The number of ether oxygens (including phenoxy) is 2. The summed E-state index contributed by atoms with van der Waals surface area (Å²) in [5, 5.41) is 3.58. The highest BCUT2D eigenvalue weighted by atomic mass is 19.4. The van der Waals surface area contributed by atoms with Crippen LogP contribution in [0.5, 0.6) is 5.75 Å². The average Bonchev–Trinajstić information content (AvgIpc) is 2.86. The smallest absolute Gasteiger partial charge is 0.444 e. The maximum absolute atomic E-state index is 13.2. The van der Waals surface area contributed by atoms with Gasteiger partial charge >= 0.3 is 18.5 Å². The molecule has 2 aromatic rings. The number of hydrogen-bond acceptors (Lipinski definition) is 6. The Labute approximate surface area is 232 Å². The Balaban J connectivity index is 1.97. The minimum absolute atomic E-state index is 0.0886. The summed E-state index contributed by atoms with van der Waals surface area (Å²) in [5.41, 5.74) is 7.00. The number of carbonyl (C=O) groups excluding carboxylic acids is 2. The Morgan fingerprint density at radius 2 is 1.60 bits per heavy atom. The summed E-state index contributed by atoms with van der Waals surface area (Å²) in [4.78, 5) is 26.6. The van der Waals surface area contributed by atoms with Crippen LogP contribution in [0.1, 0.15) is 51.2 Å². The molecule has 0 spiro atoms. The molecular weight excluding hydrogens is 527 g/mol. The van der Waals surface area contributed by atoms with Crippen molar-refractivity contribution in [3.63, 3.8) is 0 Å². The Morgan fingerprint density at radius 1 is 0.950 bits per heavy atom. The number of hydrogen-bond donors (Lipinski definition) is 3. The minimum Gasteiger partial charge on any atom is -0.444 e. The molecule has 2 aromatic carbocycles. The molecule has 0 atom stereocenters. The highest BCUT2D eigenvalue weighted by Gasteiger charge is 2.31. The van der Waals surface area contributed by atoms with Gasteiger partial charge in [-0.1, -0.05) is 30.3 Å². The number of rotatable bonds is 12. The molecule has 0 aliphatic carbocycles. The normalized spacial score (nSPS) is 12.0. The molecule has 2 rings (SSSR count). The van der Waals surface area contributed by atoms with Crippen molar-refractivity contribution in [2.45, 2.75) is 58.4 Å². The van der Waals surface area contributed by atoms with Gasteiger partial charge in [0.05, 0.1) is 5.70 Å². The first kappa shape index (κ1) is 32.3. The van der Waals surface area contributed by atoms with Crippen molar-refractivity contribution >= 4 is 17.8 Å². The van der Waals surface area contributed by atoms with Crippen LogP contribution in [-0.2, 0) is 11.2 Å². The van der Waals surface area contributed by atoms with Crippen LogP contribution >= 0.6 is 0 Å². The molecular formula is C28H38F3N5O4. The molecule has 0 aliphatic rings. The van der Waals surface area contributed by atoms with E-state index in [0.717, 1.165) is 29.1 Å². The summed E-state index contributed by atoms with van der Waals surface area (Å²) in [6.45, 7) is 6.65. The fraction of sp³-hybridized carbons (Fsp3) is 0.429. The summed E-state index contributed by atoms with van der Waals surface area (Å²) in [5.74, 6) is 5.63. The summed E-state index contributed by atoms with van der Waals surface area (Å²) in [6, 6.07) is 14.1. The van der Waals surface area contributed by atoms with Crippen molar-refractivity contribution in [1.29, 1.82) is 0 Å². The van der Waals surface area contributed by atoms with Crippen molar-refractivity contribution in [1.82, 2.24) is 15.2 Å². The van der Waals surface area contributed by atoms with E-state index in [9.17, 15) is 22.8 Å². The highest BCUT2D eigenvalue weighted by Crippen LogP contribution is 2.24. The van der Waals surface area contributed by atoms with Gasteiger partial charge in [0.15, 0.2) is 0 Å². The Kier molecular flexibility index (Phi) is 12.1. The van der Waals surface area contributed by atoms with Crippen LogP contribution in [0.25, 0.3) is 5.70 Å². The molecule has 0 saturated carbocycles. The monoisotopic (exact) mass is 565 g/mol. The van der Waals surface area contributed by atoms with Crippen LogP contribution in [0, 0.1) is 0 Å². The van der Waals surface area contributed by atoms with E-state index < -0.39 is 29.8 Å². The number of nitrogens with zero attached hydrogens (tertiary/aromatic N) is 2. The molecule has 5 N–H and O–H groups in total. The predicted molar refractivity (Wildman–Crippen MR) is 147 cm³/mol. The molecule has 0 bridgehead atoms. The van der Waals surface area contributed by atoms with E-state index in [1.54, 1.807) is 25.7 Å². The summed E-state index contributed by atoms with van der Waals surface area (Å²) >= 11 is 0. The standard InChI is InChI=1S/C28H38F3N5O4/c1-27(2,3)40-25(37)34-17-8-5-9-18-35(19-16-21-10-6-4-7-11-21)26(38)36(33)20-24(32)22-12-14-23(15-13-22)39-28(29,30)31/h4,6-7,10-15,20H,5,8-9,16-19,32-33H2,1-3H3,(H,34,37)/b24-20-. The second-order valence-corrected chi connectivity index (χ2v) is 10.1. The largest absolute Gasteiger partial charge is 0.573 e. The Bertz CT molecular complexity index is 1100. The van der Waals surface area contributed by atoms with Crippen molar-refractivity contribution in [2.75, 3.05) is 19.6 Å². The number of hydrazine groups is 1. The second kappa shape index (κ2) is 15.0. The van der Waals surface area contributed by atoms with Gasteiger partial charge in [-0.2, -0.15) is 0 Å². The third-order valence-electron chi connectivity index (χ3n) is 5.48. The zero-order chi connectivity index (χ0) is 29.8. The lowest BCUT2D eigenvalue weighted by Crippen LogP contribution is -2.45. The van der Waals surface area contributed by atoms with E-state index in [-0.39, 0.29) is 5.70 Å². The highest BCUT2D eigenvalue weighted by molar-refractivity contribution is 5.77. The molecule has 0 aliphatic heterocycles. The summed E-state index contributed by atoms with van der Waals surface area (Å²) in [7, 11) is 0. The first-order valence-electron chi connectivity index (χ1n) is 12.9. The second-order valence-electron chi connectivity index (χ2n) is 10.1. The fourth-order valence-corrected chi connectivity index (χ4v) is 3.61. The molecule has 0 heterocycles. The molecule has 3 amide bonds. The average molecular weight is 566 g/mol. The first-order chi connectivity index (χ1) is 18.7. The quantitative estimate of drug-likeness (QED) is 0.138. The van der Waals surface area contributed by atoms with Gasteiger partial charge in [-0.05, 0) is 81.8 Å². The van der Waals surface area contributed by atoms with E-state index in [1.807, 2.05) is 30.3 Å². The minimum atomic E-state index is -4.80. The van der Waals surface area contributed by atoms with Gasteiger partial charge < -0.3 is 25.4 Å². The van der Waals surface area contributed by atoms with Crippen molar-refractivity contribution < 1.29 is 32.2 Å². The molecule has 0 saturated heterocycles. The lowest BCUT2D eigenvalue weighted by molar-refractivity contribution is -0.274. The van der Waals surface area contributed by atoms with Crippen molar-refractivity contribution in [3.8, 4) is 5.75 Å². The topological polar surface area (TPSA) is 123 Å². The van der Waals surface area contributed by atoms with Gasteiger partial charge in [-0.15, -0.1) is 13.2 Å². The van der Waals surface area contributed by atoms with Gasteiger partial charge in [0.25, 0.3) is 0 Å². The third-order valence-corrected chi connectivity index (χ3v) is 5.48. The lowest BCUT2D eigenvalue weighted by atomic mass is 10.1. The van der Waals surface area contributed by atoms with Gasteiger partial charge in [-0.3, -0.25) is 0 Å². The maximum atomic E-state index is 13.2. The van der Waals surface area contributed by atoms with Crippen molar-refractivity contribution in [2.24, 2.45) is 11.6 Å². The number of unbranched alkanes of at least 4 members (excludes halogenated alkanes) is 2. The summed E-state index contributed by atoms with van der Waals surface area (Å²) in [6.07, 6.45) is -1.32. The van der Waals surface area contributed by atoms with E-state index in [2.05, 4.69) is 10.1 Å².